The molecular weight excluding hydrogens is 338 g/mol. The number of hydrogen-bond donors (Lipinski definition) is 2. The molecule has 2 fully saturated rings. The lowest BCUT2D eigenvalue weighted by Gasteiger charge is -2.25. The summed E-state index contributed by atoms with van der Waals surface area (Å²) in [7, 11) is 0. The summed E-state index contributed by atoms with van der Waals surface area (Å²) in [6.07, 6.45) is 3.76. The number of hydrogen-bond acceptors (Lipinski definition) is 6. The first-order chi connectivity index (χ1) is 13.2. The van der Waals surface area contributed by atoms with Crippen LogP contribution in [0.3, 0.4) is 0 Å². The van der Waals surface area contributed by atoms with Gasteiger partial charge in [0, 0.05) is 38.3 Å². The van der Waals surface area contributed by atoms with E-state index in [9.17, 15) is 5.11 Å². The van der Waals surface area contributed by atoms with E-state index in [-0.39, 0.29) is 12.6 Å². The van der Waals surface area contributed by atoms with Crippen molar-refractivity contribution in [3.8, 4) is 0 Å². The van der Waals surface area contributed by atoms with Gasteiger partial charge >= 0.3 is 0 Å². The highest BCUT2D eigenvalue weighted by Gasteiger charge is 2.30. The monoisotopic (exact) mass is 367 g/mol. The lowest BCUT2D eigenvalue weighted by Crippen LogP contribution is -2.33. The van der Waals surface area contributed by atoms with Gasteiger partial charge in [-0.05, 0) is 24.3 Å². The summed E-state index contributed by atoms with van der Waals surface area (Å²) in [6, 6.07) is 13.2. The first-order valence-electron chi connectivity index (χ1n) is 9.95. The van der Waals surface area contributed by atoms with E-state index in [0.29, 0.717) is 12.0 Å². The van der Waals surface area contributed by atoms with Crippen LogP contribution in [-0.4, -0.2) is 58.3 Å². The maximum Gasteiger partial charge on any atom is 0.134 e. The first kappa shape index (κ1) is 18.2. The minimum absolute atomic E-state index is 0.180. The SMILES string of the molecule is CC1CN(Cc2ccccc2)CC1Nc1cc(N2CCCC2CO)ncn1. The Labute approximate surface area is 161 Å². The Hall–Kier alpha value is -2.18. The van der Waals surface area contributed by atoms with Crippen molar-refractivity contribution in [1.82, 2.24) is 14.9 Å². The molecule has 0 spiro atoms. The third kappa shape index (κ3) is 4.22. The predicted molar refractivity (Wildman–Crippen MR) is 108 cm³/mol. The van der Waals surface area contributed by atoms with Gasteiger partial charge in [-0.25, -0.2) is 9.97 Å². The van der Waals surface area contributed by atoms with E-state index in [2.05, 4.69) is 62.3 Å². The number of rotatable bonds is 6. The number of aromatic nitrogens is 2. The Morgan fingerprint density at radius 3 is 2.85 bits per heavy atom. The summed E-state index contributed by atoms with van der Waals surface area (Å²) in [5, 5.41) is 13.2. The van der Waals surface area contributed by atoms with E-state index in [1.165, 1.54) is 5.56 Å². The summed E-state index contributed by atoms with van der Waals surface area (Å²) in [5.74, 6) is 2.35. The van der Waals surface area contributed by atoms with Crippen LogP contribution in [0.15, 0.2) is 42.7 Å². The number of nitrogens with one attached hydrogen (secondary N) is 1. The van der Waals surface area contributed by atoms with Crippen molar-refractivity contribution in [3.05, 3.63) is 48.3 Å². The molecule has 27 heavy (non-hydrogen) atoms. The van der Waals surface area contributed by atoms with Crippen molar-refractivity contribution in [2.75, 3.05) is 36.5 Å². The smallest absolute Gasteiger partial charge is 0.134 e. The quantitative estimate of drug-likeness (QED) is 0.817. The van der Waals surface area contributed by atoms with Gasteiger partial charge in [0.1, 0.15) is 18.0 Å². The minimum atomic E-state index is 0.180. The first-order valence-corrected chi connectivity index (χ1v) is 9.95. The molecule has 0 aliphatic carbocycles. The zero-order chi connectivity index (χ0) is 18.6. The Balaban J connectivity index is 1.39. The summed E-state index contributed by atoms with van der Waals surface area (Å²) in [5.41, 5.74) is 1.36. The van der Waals surface area contributed by atoms with E-state index in [1.807, 2.05) is 6.07 Å². The molecule has 4 rings (SSSR count). The molecule has 2 saturated heterocycles. The molecule has 0 bridgehead atoms. The summed E-state index contributed by atoms with van der Waals surface area (Å²) in [4.78, 5) is 13.6. The van der Waals surface area contributed by atoms with E-state index >= 15 is 0 Å². The zero-order valence-corrected chi connectivity index (χ0v) is 16.0. The van der Waals surface area contributed by atoms with Crippen molar-refractivity contribution < 1.29 is 5.11 Å². The lowest BCUT2D eigenvalue weighted by molar-refractivity contribution is 0.266. The van der Waals surface area contributed by atoms with Gasteiger partial charge in [0.05, 0.1) is 12.6 Å². The number of aliphatic hydroxyl groups excluding tert-OH is 1. The van der Waals surface area contributed by atoms with Gasteiger partial charge in [-0.3, -0.25) is 4.90 Å². The molecule has 2 aromatic rings. The summed E-state index contributed by atoms with van der Waals surface area (Å²) >= 11 is 0. The van der Waals surface area contributed by atoms with Crippen LogP contribution in [0.4, 0.5) is 11.6 Å². The highest BCUT2D eigenvalue weighted by atomic mass is 16.3. The number of likely N-dealkylation sites (tertiary alicyclic amines) is 1. The Bertz CT molecular complexity index is 740. The van der Waals surface area contributed by atoms with Crippen molar-refractivity contribution in [1.29, 1.82) is 0 Å². The van der Waals surface area contributed by atoms with Gasteiger partial charge in [0.15, 0.2) is 0 Å². The van der Waals surface area contributed by atoms with Crippen LogP contribution in [-0.2, 0) is 6.54 Å². The van der Waals surface area contributed by atoms with Crippen molar-refractivity contribution in [3.63, 3.8) is 0 Å². The molecule has 0 amide bonds. The third-order valence-corrected chi connectivity index (χ3v) is 5.81. The number of benzene rings is 1. The van der Waals surface area contributed by atoms with Gasteiger partial charge in [-0.2, -0.15) is 0 Å². The normalized spacial score (nSPS) is 25.9. The molecule has 0 saturated carbocycles. The predicted octanol–water partition coefficient (Wildman–Crippen LogP) is 2.37. The highest BCUT2D eigenvalue weighted by molar-refractivity contribution is 5.50. The largest absolute Gasteiger partial charge is 0.394 e. The van der Waals surface area contributed by atoms with Crippen LogP contribution in [0.25, 0.3) is 0 Å². The molecule has 3 unspecified atom stereocenters. The Kier molecular flexibility index (Phi) is 5.55. The molecule has 6 nitrogen and oxygen atoms in total. The second kappa shape index (κ2) is 8.23. The fraction of sp³-hybridized carbons (Fsp3) is 0.524. The average molecular weight is 367 g/mol. The maximum atomic E-state index is 9.58. The second-order valence-electron chi connectivity index (χ2n) is 7.84. The molecule has 2 aliphatic heterocycles. The van der Waals surface area contributed by atoms with Crippen molar-refractivity contribution >= 4 is 11.6 Å². The molecule has 144 valence electrons. The van der Waals surface area contributed by atoms with Gasteiger partial charge in [0.25, 0.3) is 0 Å². The molecule has 1 aromatic carbocycles. The van der Waals surface area contributed by atoms with Crippen LogP contribution in [0, 0.1) is 5.92 Å². The van der Waals surface area contributed by atoms with E-state index in [1.54, 1.807) is 6.33 Å². The maximum absolute atomic E-state index is 9.58. The minimum Gasteiger partial charge on any atom is -0.394 e. The molecule has 1 aromatic heterocycles. The molecule has 3 atom stereocenters. The van der Waals surface area contributed by atoms with Crippen LogP contribution < -0.4 is 10.2 Å². The van der Waals surface area contributed by atoms with Gasteiger partial charge in [-0.15, -0.1) is 0 Å². The number of nitrogens with zero attached hydrogens (tertiary/aromatic N) is 4. The molecule has 3 heterocycles. The summed E-state index contributed by atoms with van der Waals surface area (Å²) in [6.45, 7) is 6.52. The van der Waals surface area contributed by atoms with E-state index in [4.69, 9.17) is 0 Å². The van der Waals surface area contributed by atoms with E-state index in [0.717, 1.165) is 50.7 Å². The topological polar surface area (TPSA) is 64.5 Å². The fourth-order valence-electron chi connectivity index (χ4n) is 4.33. The Morgan fingerprint density at radius 1 is 1.19 bits per heavy atom. The van der Waals surface area contributed by atoms with Crippen LogP contribution in [0.2, 0.25) is 0 Å². The molecule has 2 N–H and O–H groups in total. The molecular formula is C21H29N5O. The van der Waals surface area contributed by atoms with Gasteiger partial charge in [0.2, 0.25) is 0 Å². The van der Waals surface area contributed by atoms with Crippen molar-refractivity contribution in [2.24, 2.45) is 5.92 Å². The van der Waals surface area contributed by atoms with Gasteiger partial charge < -0.3 is 15.3 Å². The third-order valence-electron chi connectivity index (χ3n) is 5.81. The lowest BCUT2D eigenvalue weighted by atomic mass is 10.1. The van der Waals surface area contributed by atoms with Gasteiger partial charge in [-0.1, -0.05) is 37.3 Å². The fourth-order valence-corrected chi connectivity index (χ4v) is 4.33. The molecule has 2 aliphatic rings. The standard InChI is InChI=1S/C21H29N5O/c1-16-11-25(12-17-6-3-2-4-7-17)13-19(16)24-20-10-21(23-15-22-20)26-9-5-8-18(26)14-27/h2-4,6-7,10,15-16,18-19,27H,5,8-9,11-14H2,1H3,(H,22,23,24). The van der Waals surface area contributed by atoms with E-state index < -0.39 is 0 Å². The molecule has 6 heteroatoms. The van der Waals surface area contributed by atoms with Crippen LogP contribution in [0.1, 0.15) is 25.3 Å². The Morgan fingerprint density at radius 2 is 2.04 bits per heavy atom. The number of aliphatic hydroxyl groups is 1. The second-order valence-corrected chi connectivity index (χ2v) is 7.84. The van der Waals surface area contributed by atoms with Crippen molar-refractivity contribution in [2.45, 2.75) is 38.4 Å². The highest BCUT2D eigenvalue weighted by Crippen LogP contribution is 2.26. The summed E-state index contributed by atoms with van der Waals surface area (Å²) < 4.78 is 0. The average Bonchev–Trinajstić information content (AvgIpc) is 3.29. The number of anilines is 2. The van der Waals surface area contributed by atoms with Crippen LogP contribution >= 0.6 is 0 Å². The molecule has 0 radical (unpaired) electrons. The zero-order valence-electron chi connectivity index (χ0n) is 16.0. The van der Waals surface area contributed by atoms with Crippen LogP contribution in [0.5, 0.6) is 0 Å².